The predicted octanol–water partition coefficient (Wildman–Crippen LogP) is 2.48. The Kier molecular flexibility index (Phi) is 6.52. The van der Waals surface area contributed by atoms with Gasteiger partial charge in [0, 0.05) is 36.3 Å². The van der Waals surface area contributed by atoms with E-state index in [9.17, 15) is 9.59 Å². The Morgan fingerprint density at radius 2 is 1.97 bits per heavy atom. The van der Waals surface area contributed by atoms with Gasteiger partial charge in [-0.3, -0.25) is 4.90 Å². The van der Waals surface area contributed by atoms with Crippen molar-refractivity contribution in [1.29, 1.82) is 0 Å². The third kappa shape index (κ3) is 4.65. The molecular formula is C21H30N4O3S. The first-order valence-corrected chi connectivity index (χ1v) is 11.4. The van der Waals surface area contributed by atoms with Crippen molar-refractivity contribution in [1.82, 2.24) is 20.4 Å². The van der Waals surface area contributed by atoms with Crippen molar-refractivity contribution in [2.24, 2.45) is 0 Å². The van der Waals surface area contributed by atoms with Crippen molar-refractivity contribution < 1.29 is 14.3 Å². The molecule has 1 aromatic rings. The monoisotopic (exact) mass is 418 g/mol. The Hall–Kier alpha value is -1.90. The van der Waals surface area contributed by atoms with Crippen LogP contribution >= 0.6 is 11.3 Å². The highest BCUT2D eigenvalue weighted by atomic mass is 32.1. The summed E-state index contributed by atoms with van der Waals surface area (Å²) in [5, 5.41) is 7.70. The smallest absolute Gasteiger partial charge is 0.338 e. The molecule has 0 bridgehead atoms. The summed E-state index contributed by atoms with van der Waals surface area (Å²) >= 11 is 1.52. The van der Waals surface area contributed by atoms with Crippen LogP contribution in [0.1, 0.15) is 43.0 Å². The number of urea groups is 1. The number of hydrogen-bond acceptors (Lipinski definition) is 6. The summed E-state index contributed by atoms with van der Waals surface area (Å²) in [7, 11) is 1.39. The molecule has 3 aliphatic heterocycles. The van der Waals surface area contributed by atoms with Crippen LogP contribution < -0.4 is 10.6 Å². The fraction of sp³-hybridized carbons (Fsp3) is 0.619. The Bertz CT molecular complexity index is 750. The summed E-state index contributed by atoms with van der Waals surface area (Å²) in [5.41, 5.74) is 1.17. The van der Waals surface area contributed by atoms with Crippen LogP contribution in [-0.2, 0) is 9.53 Å². The molecule has 7 nitrogen and oxygen atoms in total. The zero-order valence-electron chi connectivity index (χ0n) is 17.0. The van der Waals surface area contributed by atoms with E-state index in [1.54, 1.807) is 0 Å². The first kappa shape index (κ1) is 20.4. The summed E-state index contributed by atoms with van der Waals surface area (Å²) in [6.07, 6.45) is 6.28. The fourth-order valence-corrected chi connectivity index (χ4v) is 5.50. The average Bonchev–Trinajstić information content (AvgIpc) is 3.29. The Balaban J connectivity index is 1.47. The number of hydrogen-bond donors (Lipinski definition) is 2. The summed E-state index contributed by atoms with van der Waals surface area (Å²) in [6.45, 7) is 4.98. The summed E-state index contributed by atoms with van der Waals surface area (Å²) in [6, 6.07) is 3.80. The number of nitrogens with zero attached hydrogens (tertiary/aromatic N) is 2. The fourth-order valence-electron chi connectivity index (χ4n) is 4.71. The molecule has 0 aromatic carbocycles. The number of rotatable bonds is 5. The highest BCUT2D eigenvalue weighted by Crippen LogP contribution is 2.31. The van der Waals surface area contributed by atoms with Crippen molar-refractivity contribution >= 4 is 23.3 Å². The average molecular weight is 419 g/mol. The third-order valence-corrected chi connectivity index (χ3v) is 7.17. The van der Waals surface area contributed by atoms with E-state index >= 15 is 0 Å². The third-order valence-electron chi connectivity index (χ3n) is 6.23. The molecule has 0 saturated carbocycles. The molecule has 1 atom stereocenters. The van der Waals surface area contributed by atoms with Crippen LogP contribution in [0.3, 0.4) is 0 Å². The lowest BCUT2D eigenvalue weighted by molar-refractivity contribution is -0.136. The minimum atomic E-state index is -0.461. The second-order valence-corrected chi connectivity index (χ2v) is 9.01. The maximum atomic E-state index is 12.6. The second kappa shape index (κ2) is 9.28. The van der Waals surface area contributed by atoms with Crippen molar-refractivity contribution in [2.75, 3.05) is 39.8 Å². The SMILES string of the molecule is COC(=O)C1=C(CN2CCC(N3CCCCC3)CC2)NC(=O)N[C@@H]1c1cccs1. The predicted molar refractivity (Wildman–Crippen MR) is 113 cm³/mol. The number of amides is 2. The molecule has 0 spiro atoms. The molecular weight excluding hydrogens is 388 g/mol. The van der Waals surface area contributed by atoms with E-state index in [4.69, 9.17) is 4.74 Å². The van der Waals surface area contributed by atoms with Gasteiger partial charge >= 0.3 is 12.0 Å². The maximum absolute atomic E-state index is 12.6. The molecule has 4 heterocycles. The van der Waals surface area contributed by atoms with Gasteiger partial charge in [-0.1, -0.05) is 12.5 Å². The van der Waals surface area contributed by atoms with Gasteiger partial charge in [0.1, 0.15) is 0 Å². The minimum Gasteiger partial charge on any atom is -0.466 e. The van der Waals surface area contributed by atoms with E-state index in [1.807, 2.05) is 17.5 Å². The normalized spacial score (nSPS) is 24.9. The van der Waals surface area contributed by atoms with Crippen molar-refractivity contribution in [3.05, 3.63) is 33.7 Å². The molecule has 3 aliphatic rings. The van der Waals surface area contributed by atoms with Gasteiger partial charge in [0.05, 0.1) is 18.7 Å². The number of nitrogens with one attached hydrogen (secondary N) is 2. The van der Waals surface area contributed by atoms with E-state index < -0.39 is 12.0 Å². The molecule has 158 valence electrons. The first-order chi connectivity index (χ1) is 14.2. The Labute approximate surface area is 176 Å². The second-order valence-electron chi connectivity index (χ2n) is 8.03. The Morgan fingerprint density at radius 3 is 2.62 bits per heavy atom. The largest absolute Gasteiger partial charge is 0.466 e. The molecule has 8 heteroatoms. The zero-order chi connectivity index (χ0) is 20.2. The number of likely N-dealkylation sites (tertiary alicyclic amines) is 2. The summed E-state index contributed by atoms with van der Waals surface area (Å²) in [4.78, 5) is 30.8. The number of thiophene rings is 1. The molecule has 0 radical (unpaired) electrons. The van der Waals surface area contributed by atoms with Gasteiger partial charge in [-0.25, -0.2) is 9.59 Å². The lowest BCUT2D eigenvalue weighted by Gasteiger charge is -2.41. The number of esters is 1. The number of methoxy groups -OCH3 is 1. The Morgan fingerprint density at radius 1 is 1.21 bits per heavy atom. The van der Waals surface area contributed by atoms with Crippen LogP contribution in [-0.4, -0.2) is 67.7 Å². The van der Waals surface area contributed by atoms with Crippen LogP contribution in [0.25, 0.3) is 0 Å². The first-order valence-electron chi connectivity index (χ1n) is 10.5. The molecule has 4 rings (SSSR count). The minimum absolute atomic E-state index is 0.269. The molecule has 2 saturated heterocycles. The molecule has 0 unspecified atom stereocenters. The van der Waals surface area contributed by atoms with E-state index in [1.165, 1.54) is 50.8 Å². The summed E-state index contributed by atoms with van der Waals surface area (Å²) in [5.74, 6) is -0.394. The summed E-state index contributed by atoms with van der Waals surface area (Å²) < 4.78 is 5.06. The van der Waals surface area contributed by atoms with Crippen molar-refractivity contribution in [3.8, 4) is 0 Å². The van der Waals surface area contributed by atoms with Crippen LogP contribution in [0, 0.1) is 0 Å². The van der Waals surface area contributed by atoms with Crippen LogP contribution in [0.5, 0.6) is 0 Å². The van der Waals surface area contributed by atoms with E-state index in [-0.39, 0.29) is 6.03 Å². The quantitative estimate of drug-likeness (QED) is 0.719. The molecule has 2 fully saturated rings. The highest BCUT2D eigenvalue weighted by molar-refractivity contribution is 7.10. The lowest BCUT2D eigenvalue weighted by atomic mass is 9.98. The lowest BCUT2D eigenvalue weighted by Crippen LogP contribution is -2.50. The van der Waals surface area contributed by atoms with Crippen LogP contribution in [0.15, 0.2) is 28.8 Å². The topological polar surface area (TPSA) is 73.9 Å². The molecule has 2 N–H and O–H groups in total. The van der Waals surface area contributed by atoms with Gasteiger partial charge in [-0.05, 0) is 50.2 Å². The van der Waals surface area contributed by atoms with E-state index in [0.717, 1.165) is 30.8 Å². The molecule has 0 aliphatic carbocycles. The van der Waals surface area contributed by atoms with Crippen molar-refractivity contribution in [2.45, 2.75) is 44.2 Å². The maximum Gasteiger partial charge on any atom is 0.338 e. The van der Waals surface area contributed by atoms with E-state index in [2.05, 4.69) is 20.4 Å². The molecule has 1 aromatic heterocycles. The molecule has 29 heavy (non-hydrogen) atoms. The van der Waals surface area contributed by atoms with E-state index in [0.29, 0.717) is 23.9 Å². The van der Waals surface area contributed by atoms with Gasteiger partial charge in [-0.15, -0.1) is 11.3 Å². The number of ether oxygens (including phenoxy) is 1. The van der Waals surface area contributed by atoms with Crippen LogP contribution in [0.2, 0.25) is 0 Å². The number of carbonyl (C=O) groups excluding carboxylic acids is 2. The number of piperidine rings is 2. The van der Waals surface area contributed by atoms with Crippen molar-refractivity contribution in [3.63, 3.8) is 0 Å². The van der Waals surface area contributed by atoms with Gasteiger partial charge in [0.2, 0.25) is 0 Å². The standard InChI is InChI=1S/C21H30N4O3S/c1-28-20(26)18-16(22-21(27)23-19(18)17-6-5-13-29-17)14-24-11-7-15(8-12-24)25-9-3-2-4-10-25/h5-6,13,15,19H,2-4,7-12,14H2,1H3,(H2,22,23,27)/t19-/m1/s1. The zero-order valence-corrected chi connectivity index (χ0v) is 17.8. The van der Waals surface area contributed by atoms with Gasteiger partial charge in [-0.2, -0.15) is 0 Å². The van der Waals surface area contributed by atoms with Gasteiger partial charge < -0.3 is 20.3 Å². The van der Waals surface area contributed by atoms with Gasteiger partial charge in [0.15, 0.2) is 0 Å². The molecule has 2 amide bonds. The van der Waals surface area contributed by atoms with Crippen LogP contribution in [0.4, 0.5) is 4.79 Å². The van der Waals surface area contributed by atoms with Gasteiger partial charge in [0.25, 0.3) is 0 Å². The highest BCUT2D eigenvalue weighted by Gasteiger charge is 2.35. The number of carbonyl (C=O) groups is 2.